The van der Waals surface area contributed by atoms with Gasteiger partial charge in [-0.25, -0.2) is 0 Å². The lowest BCUT2D eigenvalue weighted by Gasteiger charge is -2.25. The van der Waals surface area contributed by atoms with Crippen molar-refractivity contribution in [2.75, 3.05) is 13.1 Å². The summed E-state index contributed by atoms with van der Waals surface area (Å²) < 4.78 is 0. The number of allylic oxidation sites excluding steroid dienone is 1. The standard InChI is InChI=1S/C7H11NO/c1-2-7(9)3-6-4-8-5-6/h2,6,8H,1,3-5H2. The molecule has 1 heterocycles. The van der Waals surface area contributed by atoms with Gasteiger partial charge in [-0.05, 0) is 25.1 Å². The molecular weight excluding hydrogens is 114 g/mol. The van der Waals surface area contributed by atoms with Crippen molar-refractivity contribution in [3.63, 3.8) is 0 Å². The minimum atomic E-state index is 0.168. The van der Waals surface area contributed by atoms with Gasteiger partial charge in [0.15, 0.2) is 5.78 Å². The number of hydrogen-bond donors (Lipinski definition) is 1. The van der Waals surface area contributed by atoms with E-state index in [1.807, 2.05) is 0 Å². The van der Waals surface area contributed by atoms with Gasteiger partial charge in [0.1, 0.15) is 0 Å². The Balaban J connectivity index is 2.16. The average Bonchev–Trinajstić information content (AvgIpc) is 1.78. The van der Waals surface area contributed by atoms with Gasteiger partial charge in [0.25, 0.3) is 0 Å². The Kier molecular flexibility index (Phi) is 2.01. The molecule has 1 rings (SSSR count). The summed E-state index contributed by atoms with van der Waals surface area (Å²) in [7, 11) is 0. The van der Waals surface area contributed by atoms with Gasteiger partial charge in [-0.1, -0.05) is 6.58 Å². The van der Waals surface area contributed by atoms with E-state index >= 15 is 0 Å². The van der Waals surface area contributed by atoms with E-state index in [9.17, 15) is 4.79 Å². The lowest BCUT2D eigenvalue weighted by molar-refractivity contribution is -0.115. The molecule has 0 aromatic carbocycles. The monoisotopic (exact) mass is 125 g/mol. The zero-order valence-electron chi connectivity index (χ0n) is 5.39. The third-order valence-electron chi connectivity index (χ3n) is 1.58. The minimum absolute atomic E-state index is 0.168. The molecule has 1 aliphatic heterocycles. The van der Waals surface area contributed by atoms with Crippen LogP contribution < -0.4 is 5.32 Å². The Bertz CT molecular complexity index is 127. The molecule has 9 heavy (non-hydrogen) atoms. The van der Waals surface area contributed by atoms with E-state index in [1.54, 1.807) is 0 Å². The number of carbonyl (C=O) groups is 1. The molecule has 1 saturated heterocycles. The summed E-state index contributed by atoms with van der Waals surface area (Å²) in [6.45, 7) is 5.40. The molecular formula is C7H11NO. The molecule has 0 aromatic rings. The first-order chi connectivity index (χ1) is 4.33. The second kappa shape index (κ2) is 2.78. The molecule has 0 saturated carbocycles. The number of hydrogen-bond acceptors (Lipinski definition) is 2. The van der Waals surface area contributed by atoms with Crippen molar-refractivity contribution in [3.05, 3.63) is 12.7 Å². The number of ketones is 1. The summed E-state index contributed by atoms with van der Waals surface area (Å²) in [6.07, 6.45) is 2.08. The van der Waals surface area contributed by atoms with Crippen molar-refractivity contribution in [3.8, 4) is 0 Å². The van der Waals surface area contributed by atoms with Crippen LogP contribution in [0.15, 0.2) is 12.7 Å². The SMILES string of the molecule is C=CC(=O)CC1CNC1. The Labute approximate surface area is 54.9 Å². The first-order valence-corrected chi connectivity index (χ1v) is 3.19. The molecule has 0 bridgehead atoms. The molecule has 0 unspecified atom stereocenters. The van der Waals surface area contributed by atoms with Gasteiger partial charge in [0.05, 0.1) is 0 Å². The van der Waals surface area contributed by atoms with Crippen molar-refractivity contribution in [1.29, 1.82) is 0 Å². The van der Waals surface area contributed by atoms with Gasteiger partial charge in [-0.3, -0.25) is 4.79 Å². The Morgan fingerprint density at radius 3 is 2.78 bits per heavy atom. The van der Waals surface area contributed by atoms with Gasteiger partial charge < -0.3 is 5.32 Å². The maximum Gasteiger partial charge on any atom is 0.155 e. The zero-order valence-corrected chi connectivity index (χ0v) is 5.39. The highest BCUT2D eigenvalue weighted by Crippen LogP contribution is 2.08. The van der Waals surface area contributed by atoms with Gasteiger partial charge in [-0.15, -0.1) is 0 Å². The quantitative estimate of drug-likeness (QED) is 0.551. The topological polar surface area (TPSA) is 29.1 Å². The highest BCUT2D eigenvalue weighted by atomic mass is 16.1. The highest BCUT2D eigenvalue weighted by molar-refractivity contribution is 5.89. The second-order valence-corrected chi connectivity index (χ2v) is 2.40. The van der Waals surface area contributed by atoms with E-state index < -0.39 is 0 Å². The van der Waals surface area contributed by atoms with E-state index in [1.165, 1.54) is 6.08 Å². The van der Waals surface area contributed by atoms with Crippen molar-refractivity contribution >= 4 is 5.78 Å². The van der Waals surface area contributed by atoms with Crippen molar-refractivity contribution in [1.82, 2.24) is 5.32 Å². The smallest absolute Gasteiger partial charge is 0.155 e. The van der Waals surface area contributed by atoms with Gasteiger partial charge in [0, 0.05) is 6.42 Å². The maximum atomic E-state index is 10.7. The van der Waals surface area contributed by atoms with Crippen LogP contribution in [0.25, 0.3) is 0 Å². The van der Waals surface area contributed by atoms with Crippen LogP contribution in [0, 0.1) is 5.92 Å². The lowest BCUT2D eigenvalue weighted by atomic mass is 9.97. The highest BCUT2D eigenvalue weighted by Gasteiger charge is 2.18. The largest absolute Gasteiger partial charge is 0.316 e. The first-order valence-electron chi connectivity index (χ1n) is 3.19. The van der Waals surface area contributed by atoms with E-state index in [0.29, 0.717) is 12.3 Å². The fourth-order valence-corrected chi connectivity index (χ4v) is 0.861. The molecule has 1 N–H and O–H groups in total. The molecule has 2 nitrogen and oxygen atoms in total. The summed E-state index contributed by atoms with van der Waals surface area (Å²) in [5.74, 6) is 0.747. The van der Waals surface area contributed by atoms with Crippen LogP contribution in [-0.2, 0) is 4.79 Å². The third kappa shape index (κ3) is 1.64. The minimum Gasteiger partial charge on any atom is -0.316 e. The number of nitrogens with one attached hydrogen (secondary N) is 1. The second-order valence-electron chi connectivity index (χ2n) is 2.40. The van der Waals surface area contributed by atoms with Crippen LogP contribution in [0.4, 0.5) is 0 Å². The molecule has 0 spiro atoms. The van der Waals surface area contributed by atoms with Crippen LogP contribution in [0.3, 0.4) is 0 Å². The van der Waals surface area contributed by atoms with Crippen LogP contribution in [0.1, 0.15) is 6.42 Å². The van der Waals surface area contributed by atoms with Crippen LogP contribution in [0.5, 0.6) is 0 Å². The summed E-state index contributed by atoms with van der Waals surface area (Å²) >= 11 is 0. The zero-order chi connectivity index (χ0) is 6.69. The van der Waals surface area contributed by atoms with Gasteiger partial charge in [0.2, 0.25) is 0 Å². The van der Waals surface area contributed by atoms with Crippen LogP contribution >= 0.6 is 0 Å². The fourth-order valence-electron chi connectivity index (χ4n) is 0.861. The van der Waals surface area contributed by atoms with Crippen LogP contribution in [-0.4, -0.2) is 18.9 Å². The fraction of sp³-hybridized carbons (Fsp3) is 0.571. The molecule has 0 aliphatic carbocycles. The molecule has 0 amide bonds. The summed E-state index contributed by atoms with van der Waals surface area (Å²) in [6, 6.07) is 0. The van der Waals surface area contributed by atoms with Crippen LogP contribution in [0.2, 0.25) is 0 Å². The average molecular weight is 125 g/mol. The van der Waals surface area contributed by atoms with E-state index in [4.69, 9.17) is 0 Å². The van der Waals surface area contributed by atoms with Gasteiger partial charge >= 0.3 is 0 Å². The van der Waals surface area contributed by atoms with Gasteiger partial charge in [-0.2, -0.15) is 0 Å². The summed E-state index contributed by atoms with van der Waals surface area (Å²) in [5, 5.41) is 3.10. The van der Waals surface area contributed by atoms with Crippen molar-refractivity contribution in [2.45, 2.75) is 6.42 Å². The summed E-state index contributed by atoms with van der Waals surface area (Å²) in [5.41, 5.74) is 0. The van der Waals surface area contributed by atoms with Crippen molar-refractivity contribution < 1.29 is 4.79 Å². The van der Waals surface area contributed by atoms with E-state index in [-0.39, 0.29) is 5.78 Å². The third-order valence-corrected chi connectivity index (χ3v) is 1.58. The first kappa shape index (κ1) is 6.49. The predicted molar refractivity (Wildman–Crippen MR) is 36.2 cm³/mol. The normalized spacial score (nSPS) is 18.7. The molecule has 1 fully saturated rings. The lowest BCUT2D eigenvalue weighted by Crippen LogP contribution is -2.42. The Hall–Kier alpha value is -0.630. The molecule has 2 heteroatoms. The predicted octanol–water partition coefficient (Wildman–Crippen LogP) is 0.351. The molecule has 0 aromatic heterocycles. The number of carbonyl (C=O) groups excluding carboxylic acids is 1. The van der Waals surface area contributed by atoms with E-state index in [0.717, 1.165) is 13.1 Å². The Morgan fingerprint density at radius 2 is 2.44 bits per heavy atom. The van der Waals surface area contributed by atoms with E-state index in [2.05, 4.69) is 11.9 Å². The Morgan fingerprint density at radius 1 is 1.78 bits per heavy atom. The molecule has 1 aliphatic rings. The van der Waals surface area contributed by atoms with Crippen molar-refractivity contribution in [2.24, 2.45) is 5.92 Å². The maximum absolute atomic E-state index is 10.7. The summed E-state index contributed by atoms with van der Waals surface area (Å²) in [4.78, 5) is 10.7. The molecule has 0 atom stereocenters. The molecule has 0 radical (unpaired) electrons. The number of rotatable bonds is 3. The molecule has 50 valence electrons.